The third-order valence-electron chi connectivity index (χ3n) is 4.13. The molecule has 0 unspecified atom stereocenters. The Kier molecular flexibility index (Phi) is 3.88. The number of nitrogens with one attached hydrogen (secondary N) is 1. The molecule has 1 atom stereocenters. The summed E-state index contributed by atoms with van der Waals surface area (Å²) in [5, 5.41) is 3.12. The molecule has 2 heterocycles. The molecule has 1 aromatic carbocycles. The van der Waals surface area contributed by atoms with Crippen molar-refractivity contribution in [2.24, 2.45) is 0 Å². The van der Waals surface area contributed by atoms with Gasteiger partial charge in [0.25, 0.3) is 5.91 Å². The third kappa shape index (κ3) is 2.71. The standard InChI is InChI=1S/C17H21N3O2/c1-11-16(18-12(2)22-11)17(21)19-14-8-6-10-20(3)15-9-5-4-7-13(14)15/h4-5,7,9,14H,6,8,10H2,1-3H3,(H,19,21)/t14-/m1/s1. The van der Waals surface area contributed by atoms with Crippen LogP contribution in [0.25, 0.3) is 0 Å². The highest BCUT2D eigenvalue weighted by molar-refractivity contribution is 5.93. The maximum atomic E-state index is 12.5. The van der Waals surface area contributed by atoms with E-state index in [1.807, 2.05) is 12.1 Å². The monoisotopic (exact) mass is 299 g/mol. The fraction of sp³-hybridized carbons (Fsp3) is 0.412. The largest absolute Gasteiger partial charge is 0.445 e. The number of para-hydroxylation sites is 1. The molecular formula is C17H21N3O2. The molecule has 0 saturated heterocycles. The van der Waals surface area contributed by atoms with Crippen molar-refractivity contribution in [3.05, 3.63) is 47.2 Å². The van der Waals surface area contributed by atoms with Gasteiger partial charge in [-0.25, -0.2) is 4.98 Å². The zero-order chi connectivity index (χ0) is 15.7. The summed E-state index contributed by atoms with van der Waals surface area (Å²) in [5.41, 5.74) is 2.72. The lowest BCUT2D eigenvalue weighted by molar-refractivity contribution is 0.0929. The number of benzene rings is 1. The number of anilines is 1. The summed E-state index contributed by atoms with van der Waals surface area (Å²) in [6.45, 7) is 4.51. The van der Waals surface area contributed by atoms with E-state index in [0.717, 1.165) is 24.9 Å². The van der Waals surface area contributed by atoms with Gasteiger partial charge in [-0.2, -0.15) is 0 Å². The average molecular weight is 299 g/mol. The van der Waals surface area contributed by atoms with Crippen LogP contribution in [0.1, 0.15) is 46.6 Å². The van der Waals surface area contributed by atoms with Crippen LogP contribution in [0.2, 0.25) is 0 Å². The van der Waals surface area contributed by atoms with Crippen LogP contribution in [0.5, 0.6) is 0 Å². The van der Waals surface area contributed by atoms with Crippen molar-refractivity contribution in [1.29, 1.82) is 0 Å². The Morgan fingerprint density at radius 2 is 2.14 bits per heavy atom. The highest BCUT2D eigenvalue weighted by atomic mass is 16.4. The number of amides is 1. The lowest BCUT2D eigenvalue weighted by atomic mass is 10.0. The SMILES string of the molecule is Cc1nc(C(=O)N[C@@H]2CCCN(C)c3ccccc32)c(C)o1. The Morgan fingerprint density at radius 3 is 2.86 bits per heavy atom. The number of hydrogen-bond acceptors (Lipinski definition) is 4. The first kappa shape index (κ1) is 14.6. The van der Waals surface area contributed by atoms with E-state index >= 15 is 0 Å². The van der Waals surface area contributed by atoms with Crippen molar-refractivity contribution in [3.63, 3.8) is 0 Å². The molecule has 5 heteroatoms. The van der Waals surface area contributed by atoms with Crippen LogP contribution in [0, 0.1) is 13.8 Å². The number of carbonyl (C=O) groups excluding carboxylic acids is 1. The van der Waals surface area contributed by atoms with Crippen LogP contribution in [-0.2, 0) is 0 Å². The van der Waals surface area contributed by atoms with Gasteiger partial charge in [0.05, 0.1) is 6.04 Å². The van der Waals surface area contributed by atoms with Crippen molar-refractivity contribution < 1.29 is 9.21 Å². The molecule has 5 nitrogen and oxygen atoms in total. The van der Waals surface area contributed by atoms with E-state index in [4.69, 9.17) is 4.42 Å². The van der Waals surface area contributed by atoms with Gasteiger partial charge in [-0.1, -0.05) is 18.2 Å². The Morgan fingerprint density at radius 1 is 1.36 bits per heavy atom. The van der Waals surface area contributed by atoms with Gasteiger partial charge in [0, 0.05) is 26.2 Å². The Balaban J connectivity index is 1.87. The minimum absolute atomic E-state index is 0.00468. The summed E-state index contributed by atoms with van der Waals surface area (Å²) < 4.78 is 5.36. The maximum Gasteiger partial charge on any atom is 0.274 e. The number of nitrogens with zero attached hydrogens (tertiary/aromatic N) is 2. The first-order valence-corrected chi connectivity index (χ1v) is 7.61. The van der Waals surface area contributed by atoms with Gasteiger partial charge in [-0.3, -0.25) is 4.79 Å². The fourth-order valence-electron chi connectivity index (χ4n) is 3.05. The lowest BCUT2D eigenvalue weighted by Crippen LogP contribution is -2.29. The minimum atomic E-state index is -0.168. The first-order valence-electron chi connectivity index (χ1n) is 7.61. The lowest BCUT2D eigenvalue weighted by Gasteiger charge is -2.22. The van der Waals surface area contributed by atoms with Crippen LogP contribution < -0.4 is 10.2 Å². The molecule has 0 bridgehead atoms. The van der Waals surface area contributed by atoms with Gasteiger partial charge >= 0.3 is 0 Å². The average Bonchev–Trinajstić information content (AvgIpc) is 2.76. The van der Waals surface area contributed by atoms with Crippen molar-refractivity contribution >= 4 is 11.6 Å². The molecule has 0 aliphatic carbocycles. The molecule has 0 saturated carbocycles. The summed E-state index contributed by atoms with van der Waals surface area (Å²) in [6.07, 6.45) is 1.95. The van der Waals surface area contributed by atoms with E-state index in [-0.39, 0.29) is 11.9 Å². The zero-order valence-corrected chi connectivity index (χ0v) is 13.2. The highest BCUT2D eigenvalue weighted by Crippen LogP contribution is 2.32. The smallest absolute Gasteiger partial charge is 0.274 e. The van der Waals surface area contributed by atoms with Crippen molar-refractivity contribution in [2.45, 2.75) is 32.7 Å². The molecule has 116 valence electrons. The molecule has 22 heavy (non-hydrogen) atoms. The van der Waals surface area contributed by atoms with Gasteiger partial charge in [0.15, 0.2) is 11.6 Å². The van der Waals surface area contributed by atoms with Crippen LogP contribution in [0.15, 0.2) is 28.7 Å². The number of aromatic nitrogens is 1. The van der Waals surface area contributed by atoms with E-state index < -0.39 is 0 Å². The fourth-order valence-corrected chi connectivity index (χ4v) is 3.05. The number of carbonyl (C=O) groups is 1. The molecule has 1 aromatic heterocycles. The van der Waals surface area contributed by atoms with E-state index in [1.54, 1.807) is 13.8 Å². The predicted octanol–water partition coefficient (Wildman–Crippen LogP) is 2.99. The molecule has 1 aliphatic heterocycles. The van der Waals surface area contributed by atoms with Crippen LogP contribution in [0.3, 0.4) is 0 Å². The minimum Gasteiger partial charge on any atom is -0.445 e. The second-order valence-electron chi connectivity index (χ2n) is 5.79. The third-order valence-corrected chi connectivity index (χ3v) is 4.13. The van der Waals surface area contributed by atoms with Crippen molar-refractivity contribution in [2.75, 3.05) is 18.5 Å². The van der Waals surface area contributed by atoms with Gasteiger partial charge in [-0.05, 0) is 31.4 Å². The van der Waals surface area contributed by atoms with Crippen LogP contribution in [0.4, 0.5) is 5.69 Å². The second kappa shape index (κ2) is 5.83. The molecule has 1 aliphatic rings. The van der Waals surface area contributed by atoms with E-state index in [0.29, 0.717) is 17.3 Å². The Bertz CT molecular complexity index is 693. The summed E-state index contributed by atoms with van der Waals surface area (Å²) in [4.78, 5) is 18.9. The first-order chi connectivity index (χ1) is 10.6. The highest BCUT2D eigenvalue weighted by Gasteiger charge is 2.24. The molecule has 1 amide bonds. The number of aryl methyl sites for hydroxylation is 2. The summed E-state index contributed by atoms with van der Waals surface area (Å²) in [6, 6.07) is 8.24. The number of rotatable bonds is 2. The molecule has 3 rings (SSSR count). The Hall–Kier alpha value is -2.30. The van der Waals surface area contributed by atoms with E-state index in [2.05, 4.69) is 34.4 Å². The predicted molar refractivity (Wildman–Crippen MR) is 85.1 cm³/mol. The van der Waals surface area contributed by atoms with Gasteiger partial charge < -0.3 is 14.6 Å². The Labute approximate surface area is 130 Å². The number of hydrogen-bond donors (Lipinski definition) is 1. The summed E-state index contributed by atoms with van der Waals surface area (Å²) in [5.74, 6) is 0.913. The molecule has 0 radical (unpaired) electrons. The topological polar surface area (TPSA) is 58.4 Å². The maximum absolute atomic E-state index is 12.5. The summed E-state index contributed by atoms with van der Waals surface area (Å²) >= 11 is 0. The summed E-state index contributed by atoms with van der Waals surface area (Å²) in [7, 11) is 2.09. The van der Waals surface area contributed by atoms with E-state index in [1.165, 1.54) is 5.69 Å². The van der Waals surface area contributed by atoms with Crippen molar-refractivity contribution in [1.82, 2.24) is 10.3 Å². The number of oxazole rings is 1. The van der Waals surface area contributed by atoms with Gasteiger partial charge in [0.2, 0.25) is 0 Å². The van der Waals surface area contributed by atoms with E-state index in [9.17, 15) is 4.79 Å². The normalized spacial score (nSPS) is 17.8. The number of fused-ring (bicyclic) bond motifs is 1. The quantitative estimate of drug-likeness (QED) is 0.926. The molecule has 0 fully saturated rings. The molecule has 0 spiro atoms. The van der Waals surface area contributed by atoms with Gasteiger partial charge in [-0.15, -0.1) is 0 Å². The molecule has 2 aromatic rings. The molecule has 1 N–H and O–H groups in total. The van der Waals surface area contributed by atoms with Crippen LogP contribution in [-0.4, -0.2) is 24.5 Å². The van der Waals surface area contributed by atoms with Gasteiger partial charge in [0.1, 0.15) is 5.76 Å². The zero-order valence-electron chi connectivity index (χ0n) is 13.2. The van der Waals surface area contributed by atoms with Crippen LogP contribution >= 0.6 is 0 Å². The second-order valence-corrected chi connectivity index (χ2v) is 5.79. The molecular weight excluding hydrogens is 278 g/mol. The van der Waals surface area contributed by atoms with Crippen molar-refractivity contribution in [3.8, 4) is 0 Å².